The van der Waals surface area contributed by atoms with E-state index in [4.69, 9.17) is 14.2 Å². The van der Waals surface area contributed by atoms with Gasteiger partial charge in [-0.15, -0.1) is 0 Å². The minimum absolute atomic E-state index is 0.123. The Morgan fingerprint density at radius 2 is 0.521 bits per heavy atom. The van der Waals surface area contributed by atoms with Crippen LogP contribution in [0.1, 0.15) is 265 Å². The van der Waals surface area contributed by atoms with Crippen LogP contribution in [0.2, 0.25) is 0 Å². The van der Waals surface area contributed by atoms with Crippen molar-refractivity contribution in [1.29, 1.82) is 0 Å². The topological polar surface area (TPSA) is 78.9 Å². The number of carbonyl (C=O) groups is 3. The van der Waals surface area contributed by atoms with Crippen LogP contribution >= 0.6 is 0 Å². The van der Waals surface area contributed by atoms with E-state index < -0.39 is 12.1 Å². The van der Waals surface area contributed by atoms with Crippen molar-refractivity contribution in [2.24, 2.45) is 0 Å². The first kappa shape index (κ1) is 68.8. The second kappa shape index (κ2) is 60.4. The van der Waals surface area contributed by atoms with Crippen LogP contribution in [0.3, 0.4) is 0 Å². The molecule has 0 aromatic heterocycles. The SMILES string of the molecule is CCCCC/C=C\C/C=C\C/C=C\C/C=C\C/C=C\CCC(=O)O[C@H](COC(=O)CCCCC/C=C\C/C=C\C/C=C\C/C=C\CCCCC)COC(=O)CCCCCCCCC/C=C\CCCCCCCC. The number of allylic oxidation sites excluding steroid dienone is 20. The molecule has 414 valence electrons. The molecule has 0 aliphatic heterocycles. The van der Waals surface area contributed by atoms with Crippen molar-refractivity contribution in [3.63, 3.8) is 0 Å². The summed E-state index contributed by atoms with van der Waals surface area (Å²) in [6, 6.07) is 0. The smallest absolute Gasteiger partial charge is 0.306 e. The minimum Gasteiger partial charge on any atom is -0.462 e. The lowest BCUT2D eigenvalue weighted by atomic mass is 10.1. The highest BCUT2D eigenvalue weighted by molar-refractivity contribution is 5.71. The molecule has 0 heterocycles. The number of unbranched alkanes of at least 4 members (excludes halogenated alkanes) is 22. The highest BCUT2D eigenvalue weighted by atomic mass is 16.6. The van der Waals surface area contributed by atoms with Crippen molar-refractivity contribution in [3.8, 4) is 0 Å². The van der Waals surface area contributed by atoms with Gasteiger partial charge in [0.2, 0.25) is 0 Å². The monoisotopic (exact) mass is 1010 g/mol. The first-order valence-electron chi connectivity index (χ1n) is 30.0. The standard InChI is InChI=1S/C67H110O6/c1-4-7-10-13-16-19-22-25-28-31-33-36-39-42-45-48-51-54-57-60-66(69)72-63-64(62-71-65(68)59-56-53-50-47-44-41-38-35-30-27-24-21-18-15-12-9-6-3)73-67(70)61-58-55-52-49-46-43-40-37-34-32-29-26-23-20-17-14-11-8-5-2/h16-17,19-20,25-30,33-34,36-37,42-43,45-46,52,55,64H,4-15,18,21-24,31-32,35,38-41,44,47-51,53-54,56-63H2,1-3H3/b19-16-,20-17-,28-25-,29-26-,30-27-,36-33-,37-34-,45-42-,46-43-,55-52-/t64-/m0/s1. The molecule has 6 heteroatoms. The summed E-state index contributed by atoms with van der Waals surface area (Å²) in [7, 11) is 0. The van der Waals surface area contributed by atoms with E-state index in [1.165, 1.54) is 128 Å². The average molecular weight is 1010 g/mol. The van der Waals surface area contributed by atoms with Crippen LogP contribution in [0.5, 0.6) is 0 Å². The molecule has 0 aromatic carbocycles. The second-order valence-corrected chi connectivity index (χ2v) is 19.5. The van der Waals surface area contributed by atoms with Crippen molar-refractivity contribution in [3.05, 3.63) is 122 Å². The predicted molar refractivity (Wildman–Crippen MR) is 316 cm³/mol. The van der Waals surface area contributed by atoms with E-state index in [1.54, 1.807) is 0 Å². The van der Waals surface area contributed by atoms with Crippen LogP contribution in [0.15, 0.2) is 122 Å². The van der Waals surface area contributed by atoms with Crippen molar-refractivity contribution >= 4 is 17.9 Å². The number of carbonyl (C=O) groups excluding carboxylic acids is 3. The third-order valence-corrected chi connectivity index (χ3v) is 12.4. The van der Waals surface area contributed by atoms with Crippen LogP contribution in [-0.4, -0.2) is 37.2 Å². The molecule has 0 spiro atoms. The first-order chi connectivity index (χ1) is 36.0. The zero-order valence-electron chi connectivity index (χ0n) is 47.4. The Kier molecular flexibility index (Phi) is 56.9. The highest BCUT2D eigenvalue weighted by Gasteiger charge is 2.19. The second-order valence-electron chi connectivity index (χ2n) is 19.5. The minimum atomic E-state index is -0.837. The van der Waals surface area contributed by atoms with Crippen molar-refractivity contribution in [2.75, 3.05) is 13.2 Å². The molecule has 6 nitrogen and oxygen atoms in total. The van der Waals surface area contributed by atoms with Gasteiger partial charge >= 0.3 is 17.9 Å². The summed E-state index contributed by atoms with van der Waals surface area (Å²) in [5.74, 6) is -1.04. The summed E-state index contributed by atoms with van der Waals surface area (Å²) in [6.45, 7) is 6.49. The maximum atomic E-state index is 12.8. The molecule has 0 N–H and O–H groups in total. The Morgan fingerprint density at radius 3 is 0.877 bits per heavy atom. The van der Waals surface area contributed by atoms with Gasteiger partial charge in [-0.25, -0.2) is 0 Å². The molecule has 0 amide bonds. The molecule has 0 aliphatic rings. The quantitative estimate of drug-likeness (QED) is 0.0261. The summed E-state index contributed by atoms with van der Waals surface area (Å²) in [5, 5.41) is 0. The van der Waals surface area contributed by atoms with E-state index in [9.17, 15) is 14.4 Å². The molecule has 0 bridgehead atoms. The molecular formula is C67H110O6. The fourth-order valence-corrected chi connectivity index (χ4v) is 7.87. The molecule has 0 unspecified atom stereocenters. The molecule has 0 aromatic rings. The fourth-order valence-electron chi connectivity index (χ4n) is 7.87. The molecule has 0 aliphatic carbocycles. The molecule has 0 fully saturated rings. The van der Waals surface area contributed by atoms with Crippen LogP contribution in [0.25, 0.3) is 0 Å². The third-order valence-electron chi connectivity index (χ3n) is 12.4. The van der Waals surface area contributed by atoms with E-state index in [0.717, 1.165) is 89.9 Å². The Hall–Kier alpha value is -4.19. The summed E-state index contributed by atoms with van der Waals surface area (Å²) >= 11 is 0. The van der Waals surface area contributed by atoms with E-state index in [2.05, 4.69) is 136 Å². The Bertz CT molecular complexity index is 1540. The van der Waals surface area contributed by atoms with Crippen LogP contribution in [0, 0.1) is 0 Å². The molecule has 0 radical (unpaired) electrons. The number of esters is 3. The summed E-state index contributed by atoms with van der Waals surface area (Å²) < 4.78 is 16.8. The zero-order chi connectivity index (χ0) is 52.9. The lowest BCUT2D eigenvalue weighted by Gasteiger charge is -2.18. The summed E-state index contributed by atoms with van der Waals surface area (Å²) in [6.07, 6.45) is 83.4. The Morgan fingerprint density at radius 1 is 0.274 bits per heavy atom. The van der Waals surface area contributed by atoms with E-state index in [-0.39, 0.29) is 31.6 Å². The van der Waals surface area contributed by atoms with Gasteiger partial charge in [-0.3, -0.25) is 14.4 Å². The first-order valence-corrected chi connectivity index (χ1v) is 30.0. The maximum absolute atomic E-state index is 12.8. The summed E-state index contributed by atoms with van der Waals surface area (Å²) in [4.78, 5) is 38.2. The Balaban J connectivity index is 4.58. The third kappa shape index (κ3) is 58.6. The van der Waals surface area contributed by atoms with E-state index in [1.807, 2.05) is 6.08 Å². The number of hydrogen-bond donors (Lipinski definition) is 0. The van der Waals surface area contributed by atoms with Gasteiger partial charge in [0, 0.05) is 19.3 Å². The molecule has 0 saturated heterocycles. The predicted octanol–water partition coefficient (Wildman–Crippen LogP) is 20.4. The molecule has 0 saturated carbocycles. The van der Waals surface area contributed by atoms with Gasteiger partial charge in [-0.2, -0.15) is 0 Å². The van der Waals surface area contributed by atoms with E-state index >= 15 is 0 Å². The fraction of sp³-hybridized carbons (Fsp3) is 0.657. The van der Waals surface area contributed by atoms with Gasteiger partial charge < -0.3 is 14.2 Å². The lowest BCUT2D eigenvalue weighted by molar-refractivity contribution is -0.166. The van der Waals surface area contributed by atoms with Crippen LogP contribution in [-0.2, 0) is 28.6 Å². The van der Waals surface area contributed by atoms with Gasteiger partial charge in [-0.05, 0) is 128 Å². The van der Waals surface area contributed by atoms with Crippen molar-refractivity contribution < 1.29 is 28.6 Å². The molecule has 0 rings (SSSR count). The van der Waals surface area contributed by atoms with E-state index in [0.29, 0.717) is 19.3 Å². The van der Waals surface area contributed by atoms with Gasteiger partial charge in [-0.1, -0.05) is 239 Å². The molecule has 1 atom stereocenters. The number of hydrogen-bond acceptors (Lipinski definition) is 6. The highest BCUT2D eigenvalue weighted by Crippen LogP contribution is 2.13. The van der Waals surface area contributed by atoms with Crippen molar-refractivity contribution in [1.82, 2.24) is 0 Å². The normalized spacial score (nSPS) is 13.0. The van der Waals surface area contributed by atoms with Gasteiger partial charge in [0.05, 0.1) is 0 Å². The lowest BCUT2D eigenvalue weighted by Crippen LogP contribution is -2.30. The van der Waals surface area contributed by atoms with Gasteiger partial charge in [0.15, 0.2) is 6.10 Å². The van der Waals surface area contributed by atoms with Gasteiger partial charge in [0.25, 0.3) is 0 Å². The van der Waals surface area contributed by atoms with Crippen molar-refractivity contribution in [2.45, 2.75) is 271 Å². The summed E-state index contributed by atoms with van der Waals surface area (Å²) in [5.41, 5.74) is 0. The maximum Gasteiger partial charge on any atom is 0.306 e. The van der Waals surface area contributed by atoms with Gasteiger partial charge in [0.1, 0.15) is 13.2 Å². The Labute approximate surface area is 450 Å². The molecule has 73 heavy (non-hydrogen) atoms. The zero-order valence-corrected chi connectivity index (χ0v) is 47.4. The molecular weight excluding hydrogens is 901 g/mol. The number of ether oxygens (including phenoxy) is 3. The van der Waals surface area contributed by atoms with Crippen LogP contribution < -0.4 is 0 Å². The average Bonchev–Trinajstić information content (AvgIpc) is 3.39. The van der Waals surface area contributed by atoms with Crippen LogP contribution in [0.4, 0.5) is 0 Å². The number of rotatable bonds is 53. The largest absolute Gasteiger partial charge is 0.462 e.